The molecule has 1 atom stereocenters. The summed E-state index contributed by atoms with van der Waals surface area (Å²) in [5.41, 5.74) is 0. The van der Waals surface area contributed by atoms with Gasteiger partial charge in [-0.3, -0.25) is 4.79 Å². The predicted molar refractivity (Wildman–Crippen MR) is 53.1 cm³/mol. The van der Waals surface area contributed by atoms with Crippen molar-refractivity contribution in [3.05, 3.63) is 21.9 Å². The summed E-state index contributed by atoms with van der Waals surface area (Å²) in [7, 11) is 1.66. The van der Waals surface area contributed by atoms with Gasteiger partial charge in [0.25, 0.3) is 0 Å². The Bertz CT molecular complexity index is 296. The highest BCUT2D eigenvalue weighted by Crippen LogP contribution is 2.23. The number of hydrogen-bond acceptors (Lipinski definition) is 3. The Balaban J connectivity index is 2.85. The lowest BCUT2D eigenvalue weighted by Gasteiger charge is -2.07. The minimum Gasteiger partial charge on any atom is -0.480 e. The molecule has 0 saturated heterocycles. The molecule has 1 rings (SSSR count). The van der Waals surface area contributed by atoms with Crippen molar-refractivity contribution in [1.82, 2.24) is 5.32 Å². The highest BCUT2D eigenvalue weighted by molar-refractivity contribution is 7.12. The van der Waals surface area contributed by atoms with Crippen LogP contribution < -0.4 is 5.32 Å². The predicted octanol–water partition coefficient (Wildman–Crippen LogP) is 1.66. The first-order chi connectivity index (χ1) is 6.19. The summed E-state index contributed by atoms with van der Waals surface area (Å²) in [6.07, 6.45) is 0.959. The zero-order chi connectivity index (χ0) is 9.84. The van der Waals surface area contributed by atoms with Crippen molar-refractivity contribution in [2.45, 2.75) is 19.4 Å². The van der Waals surface area contributed by atoms with Crippen LogP contribution in [0.5, 0.6) is 0 Å². The third-order valence-corrected chi connectivity index (χ3v) is 3.15. The number of carboxylic acid groups (broad SMARTS) is 1. The number of thiophene rings is 1. The summed E-state index contributed by atoms with van der Waals surface area (Å²) in [5, 5.41) is 11.6. The number of carbonyl (C=O) groups is 1. The minimum atomic E-state index is -0.827. The maximum absolute atomic E-state index is 10.8. The molecule has 0 bridgehead atoms. The van der Waals surface area contributed by atoms with E-state index < -0.39 is 12.0 Å². The van der Waals surface area contributed by atoms with Gasteiger partial charge in [-0.15, -0.1) is 11.3 Å². The van der Waals surface area contributed by atoms with Gasteiger partial charge in [0.1, 0.15) is 6.04 Å². The second-order valence-electron chi connectivity index (χ2n) is 2.72. The van der Waals surface area contributed by atoms with Gasteiger partial charge in [0.2, 0.25) is 0 Å². The molecule has 1 heterocycles. The van der Waals surface area contributed by atoms with E-state index in [1.54, 1.807) is 18.4 Å². The molecule has 1 aromatic heterocycles. The van der Waals surface area contributed by atoms with Gasteiger partial charge in [0.15, 0.2) is 0 Å². The molecule has 0 amide bonds. The van der Waals surface area contributed by atoms with Gasteiger partial charge >= 0.3 is 5.97 Å². The SMILES string of the molecule is CCc1ccc(C(NC)C(=O)O)s1. The van der Waals surface area contributed by atoms with Crippen molar-refractivity contribution < 1.29 is 9.90 Å². The third kappa shape index (κ3) is 2.29. The lowest BCUT2D eigenvalue weighted by molar-refractivity contribution is -0.139. The fraction of sp³-hybridized carbons (Fsp3) is 0.444. The highest BCUT2D eigenvalue weighted by atomic mass is 32.1. The number of rotatable bonds is 4. The van der Waals surface area contributed by atoms with E-state index in [0.717, 1.165) is 11.3 Å². The van der Waals surface area contributed by atoms with Crippen LogP contribution >= 0.6 is 11.3 Å². The van der Waals surface area contributed by atoms with Crippen LogP contribution in [0.3, 0.4) is 0 Å². The fourth-order valence-corrected chi connectivity index (χ4v) is 2.18. The first kappa shape index (κ1) is 10.2. The van der Waals surface area contributed by atoms with Crippen molar-refractivity contribution in [3.63, 3.8) is 0 Å². The number of carboxylic acids is 1. The second-order valence-corrected chi connectivity index (χ2v) is 3.92. The zero-order valence-electron chi connectivity index (χ0n) is 7.70. The van der Waals surface area contributed by atoms with Crippen molar-refractivity contribution in [2.75, 3.05) is 7.05 Å². The first-order valence-corrected chi connectivity index (χ1v) is 4.99. The maximum Gasteiger partial charge on any atom is 0.326 e. The standard InChI is InChI=1S/C9H13NO2S/c1-3-6-4-5-7(13-6)8(10-2)9(11)12/h4-5,8,10H,3H2,1-2H3,(H,11,12). The van der Waals surface area contributed by atoms with Crippen LogP contribution in [0.2, 0.25) is 0 Å². The maximum atomic E-state index is 10.8. The number of hydrogen-bond donors (Lipinski definition) is 2. The Morgan fingerprint density at radius 2 is 2.38 bits per heavy atom. The number of nitrogens with one attached hydrogen (secondary N) is 1. The highest BCUT2D eigenvalue weighted by Gasteiger charge is 2.18. The Hall–Kier alpha value is -0.870. The van der Waals surface area contributed by atoms with Gasteiger partial charge in [0.05, 0.1) is 0 Å². The van der Waals surface area contributed by atoms with Gasteiger partial charge in [-0.25, -0.2) is 0 Å². The molecule has 4 heteroatoms. The zero-order valence-corrected chi connectivity index (χ0v) is 8.52. The monoisotopic (exact) mass is 199 g/mol. The second kappa shape index (κ2) is 4.39. The van der Waals surface area contributed by atoms with E-state index in [0.29, 0.717) is 0 Å². The number of aryl methyl sites for hydroxylation is 1. The van der Waals surface area contributed by atoms with Crippen LogP contribution in [0.25, 0.3) is 0 Å². The molecule has 0 fully saturated rings. The Labute approximate surface area is 81.4 Å². The van der Waals surface area contributed by atoms with E-state index in [2.05, 4.69) is 12.2 Å². The molecule has 13 heavy (non-hydrogen) atoms. The van der Waals surface area contributed by atoms with Crippen molar-refractivity contribution in [3.8, 4) is 0 Å². The fourth-order valence-electron chi connectivity index (χ4n) is 1.13. The molecule has 1 unspecified atom stereocenters. The van der Waals surface area contributed by atoms with Crippen LogP contribution in [0.1, 0.15) is 22.7 Å². The molecule has 0 aliphatic heterocycles. The Morgan fingerprint density at radius 3 is 2.77 bits per heavy atom. The normalized spacial score (nSPS) is 12.8. The molecular weight excluding hydrogens is 186 g/mol. The lowest BCUT2D eigenvalue weighted by atomic mass is 10.2. The van der Waals surface area contributed by atoms with Gasteiger partial charge in [-0.05, 0) is 25.6 Å². The van der Waals surface area contributed by atoms with Crippen LogP contribution in [-0.4, -0.2) is 18.1 Å². The van der Waals surface area contributed by atoms with Crippen molar-refractivity contribution >= 4 is 17.3 Å². The van der Waals surface area contributed by atoms with Crippen molar-refractivity contribution in [2.24, 2.45) is 0 Å². The molecule has 0 aliphatic rings. The number of aliphatic carboxylic acids is 1. The van der Waals surface area contributed by atoms with Gasteiger partial charge in [-0.1, -0.05) is 6.92 Å². The third-order valence-electron chi connectivity index (χ3n) is 1.85. The first-order valence-electron chi connectivity index (χ1n) is 4.17. The lowest BCUT2D eigenvalue weighted by Crippen LogP contribution is -2.23. The molecule has 0 aliphatic carbocycles. The average Bonchev–Trinajstić information content (AvgIpc) is 2.53. The molecular formula is C9H13NO2S. The largest absolute Gasteiger partial charge is 0.480 e. The topological polar surface area (TPSA) is 49.3 Å². The molecule has 0 saturated carbocycles. The molecule has 3 nitrogen and oxygen atoms in total. The number of likely N-dealkylation sites (N-methyl/N-ethyl adjacent to an activating group) is 1. The van der Waals surface area contributed by atoms with Gasteiger partial charge in [-0.2, -0.15) is 0 Å². The van der Waals surface area contributed by atoms with E-state index in [-0.39, 0.29) is 0 Å². The summed E-state index contributed by atoms with van der Waals surface area (Å²) < 4.78 is 0. The van der Waals surface area contributed by atoms with Crippen LogP contribution in [-0.2, 0) is 11.2 Å². The summed E-state index contributed by atoms with van der Waals surface area (Å²) in [6, 6.07) is 3.29. The molecule has 2 N–H and O–H groups in total. The molecule has 0 spiro atoms. The van der Waals surface area contributed by atoms with Gasteiger partial charge < -0.3 is 10.4 Å². The van der Waals surface area contributed by atoms with Crippen LogP contribution in [0.4, 0.5) is 0 Å². The summed E-state index contributed by atoms with van der Waals surface area (Å²) in [4.78, 5) is 12.9. The molecule has 0 radical (unpaired) electrons. The summed E-state index contributed by atoms with van der Waals surface area (Å²) >= 11 is 1.55. The Kier molecular flexibility index (Phi) is 3.45. The van der Waals surface area contributed by atoms with E-state index in [1.807, 2.05) is 12.1 Å². The summed E-state index contributed by atoms with van der Waals surface area (Å²) in [6.45, 7) is 2.06. The molecule has 0 aromatic carbocycles. The van der Waals surface area contributed by atoms with E-state index in [9.17, 15) is 4.79 Å². The van der Waals surface area contributed by atoms with Crippen LogP contribution in [0.15, 0.2) is 12.1 Å². The van der Waals surface area contributed by atoms with Gasteiger partial charge in [0, 0.05) is 9.75 Å². The molecule has 72 valence electrons. The van der Waals surface area contributed by atoms with E-state index in [4.69, 9.17) is 5.11 Å². The molecule has 1 aromatic rings. The minimum absolute atomic E-state index is 0.565. The van der Waals surface area contributed by atoms with Crippen molar-refractivity contribution in [1.29, 1.82) is 0 Å². The van der Waals surface area contributed by atoms with E-state index in [1.165, 1.54) is 4.88 Å². The average molecular weight is 199 g/mol. The Morgan fingerprint density at radius 1 is 1.69 bits per heavy atom. The summed E-state index contributed by atoms with van der Waals surface area (Å²) in [5.74, 6) is -0.827. The quantitative estimate of drug-likeness (QED) is 0.775. The van der Waals surface area contributed by atoms with Crippen LogP contribution in [0, 0.1) is 0 Å². The van der Waals surface area contributed by atoms with E-state index >= 15 is 0 Å². The smallest absolute Gasteiger partial charge is 0.326 e.